The second-order valence-electron chi connectivity index (χ2n) is 10.3. The molecule has 240 valence electrons. The summed E-state index contributed by atoms with van der Waals surface area (Å²) in [5.41, 5.74) is 12.9. The van der Waals surface area contributed by atoms with Gasteiger partial charge in [0.25, 0.3) is 0 Å². The molecular formula is C40H60N4. The van der Waals surface area contributed by atoms with Crippen molar-refractivity contribution in [1.29, 1.82) is 0 Å². The summed E-state index contributed by atoms with van der Waals surface area (Å²) in [5.74, 6) is 1.95. The highest BCUT2D eigenvalue weighted by molar-refractivity contribution is 5.77. The van der Waals surface area contributed by atoms with Crippen LogP contribution in [0.2, 0.25) is 0 Å². The molecule has 0 atom stereocenters. The van der Waals surface area contributed by atoms with E-state index in [4.69, 9.17) is 4.98 Å². The Bertz CT molecular complexity index is 1390. The van der Waals surface area contributed by atoms with Crippen molar-refractivity contribution in [2.45, 2.75) is 134 Å². The van der Waals surface area contributed by atoms with Gasteiger partial charge in [0, 0.05) is 48.1 Å². The van der Waals surface area contributed by atoms with Crippen LogP contribution in [0.5, 0.6) is 0 Å². The van der Waals surface area contributed by atoms with E-state index in [0.29, 0.717) is 0 Å². The molecule has 0 unspecified atom stereocenters. The van der Waals surface area contributed by atoms with Crippen molar-refractivity contribution in [3.8, 4) is 22.4 Å². The molecule has 0 N–H and O–H groups in total. The van der Waals surface area contributed by atoms with Crippen molar-refractivity contribution < 1.29 is 0 Å². The summed E-state index contributed by atoms with van der Waals surface area (Å²) < 4.78 is 0. The van der Waals surface area contributed by atoms with Crippen LogP contribution in [-0.2, 0) is 38.5 Å². The quantitative estimate of drug-likeness (QED) is 0.203. The maximum absolute atomic E-state index is 4.71. The number of benzene rings is 2. The zero-order valence-electron chi connectivity index (χ0n) is 30.1. The van der Waals surface area contributed by atoms with Crippen LogP contribution in [0.3, 0.4) is 0 Å². The summed E-state index contributed by atoms with van der Waals surface area (Å²) in [4.78, 5) is 18.7. The summed E-state index contributed by atoms with van der Waals surface area (Å²) in [6.07, 6.45) is 8.25. The van der Waals surface area contributed by atoms with Crippen molar-refractivity contribution in [2.24, 2.45) is 0 Å². The van der Waals surface area contributed by atoms with Crippen LogP contribution in [0, 0.1) is 0 Å². The number of hydrogen-bond donors (Lipinski definition) is 0. The molecule has 2 aliphatic carbocycles. The van der Waals surface area contributed by atoms with Gasteiger partial charge in [0.2, 0.25) is 0 Å². The SMILES string of the molecule is CC.CC.CCC.CCC.CCc1nc(CC)c2c(n1)-c1ccccc1C2.CCc1nc(CC)c2c(n1)Cc1ccccc1-2. The molecule has 4 nitrogen and oxygen atoms in total. The Morgan fingerprint density at radius 1 is 0.500 bits per heavy atom. The molecule has 6 rings (SSSR count). The predicted molar refractivity (Wildman–Crippen MR) is 193 cm³/mol. The standard InChI is InChI=1S/2C15H16N2.2C3H8.2C2H6/c1-3-13-12-9-10-7-5-6-8-11(10)15(12)17-14(4-2)16-13;1-3-12-15-11-8-6-5-7-10(11)9-13(15)17-14(4-2)16-12;2*1-3-2;2*1-2/h2*5-8H,3-4,9H2,1-2H3;2*3H2,1-2H3;2*1-2H3. The molecule has 44 heavy (non-hydrogen) atoms. The van der Waals surface area contributed by atoms with Gasteiger partial charge < -0.3 is 0 Å². The maximum Gasteiger partial charge on any atom is 0.129 e. The van der Waals surface area contributed by atoms with Crippen LogP contribution in [0.4, 0.5) is 0 Å². The molecule has 2 aromatic carbocycles. The van der Waals surface area contributed by atoms with E-state index in [9.17, 15) is 0 Å². The molecule has 0 saturated carbocycles. The highest BCUT2D eigenvalue weighted by Gasteiger charge is 2.24. The number of nitrogens with zero attached hydrogens (tertiary/aromatic N) is 4. The average molecular weight is 597 g/mol. The molecule has 2 aromatic heterocycles. The monoisotopic (exact) mass is 596 g/mol. The van der Waals surface area contributed by atoms with Gasteiger partial charge in [-0.25, -0.2) is 19.9 Å². The number of hydrogen-bond acceptors (Lipinski definition) is 4. The van der Waals surface area contributed by atoms with Crippen LogP contribution in [-0.4, -0.2) is 19.9 Å². The number of aromatic nitrogens is 4. The minimum Gasteiger partial charge on any atom is -0.238 e. The first-order valence-corrected chi connectivity index (χ1v) is 17.4. The number of aryl methyl sites for hydroxylation is 4. The van der Waals surface area contributed by atoms with Gasteiger partial charge in [-0.3, -0.25) is 0 Å². The summed E-state index contributed by atoms with van der Waals surface area (Å²) in [7, 11) is 0. The fourth-order valence-corrected chi connectivity index (χ4v) is 5.10. The lowest BCUT2D eigenvalue weighted by Crippen LogP contribution is -2.03. The van der Waals surface area contributed by atoms with E-state index in [1.54, 1.807) is 0 Å². The van der Waals surface area contributed by atoms with Gasteiger partial charge in [0.1, 0.15) is 11.6 Å². The zero-order chi connectivity index (χ0) is 33.1. The van der Waals surface area contributed by atoms with Crippen LogP contribution in [0.25, 0.3) is 22.4 Å². The smallest absolute Gasteiger partial charge is 0.129 e. The first kappa shape index (κ1) is 38.6. The highest BCUT2D eigenvalue weighted by Crippen LogP contribution is 2.38. The van der Waals surface area contributed by atoms with Crippen molar-refractivity contribution in [1.82, 2.24) is 19.9 Å². The maximum atomic E-state index is 4.71. The van der Waals surface area contributed by atoms with E-state index >= 15 is 0 Å². The van der Waals surface area contributed by atoms with Gasteiger partial charge in [0.05, 0.1) is 17.1 Å². The second kappa shape index (κ2) is 21.3. The molecular weight excluding hydrogens is 536 g/mol. The van der Waals surface area contributed by atoms with Gasteiger partial charge in [-0.2, -0.15) is 0 Å². The summed E-state index contributed by atoms with van der Waals surface area (Å²) >= 11 is 0. The van der Waals surface area contributed by atoms with Crippen LogP contribution >= 0.6 is 0 Å². The molecule has 0 aliphatic heterocycles. The minimum atomic E-state index is 0.905. The van der Waals surface area contributed by atoms with E-state index in [1.807, 2.05) is 27.7 Å². The van der Waals surface area contributed by atoms with Crippen molar-refractivity contribution in [3.05, 3.63) is 94.0 Å². The molecule has 0 fully saturated rings. The first-order valence-electron chi connectivity index (χ1n) is 17.4. The predicted octanol–water partition coefficient (Wildman–Crippen LogP) is 11.2. The summed E-state index contributed by atoms with van der Waals surface area (Å²) in [6.45, 7) is 25.1. The number of rotatable bonds is 4. The van der Waals surface area contributed by atoms with Gasteiger partial charge in [-0.15, -0.1) is 0 Å². The third-order valence-corrected chi connectivity index (χ3v) is 6.83. The molecule has 0 saturated heterocycles. The molecule has 4 aromatic rings. The van der Waals surface area contributed by atoms with Crippen LogP contribution in [0.15, 0.2) is 48.5 Å². The topological polar surface area (TPSA) is 51.6 Å². The first-order chi connectivity index (χ1) is 21.5. The molecule has 2 aliphatic rings. The van der Waals surface area contributed by atoms with E-state index < -0.39 is 0 Å². The third-order valence-electron chi connectivity index (χ3n) is 6.83. The molecule has 4 heteroatoms. The molecule has 2 heterocycles. The Labute approximate surface area is 270 Å². The highest BCUT2D eigenvalue weighted by atomic mass is 14.9. The third kappa shape index (κ3) is 9.81. The van der Waals surface area contributed by atoms with Gasteiger partial charge in [-0.1, -0.05) is 144 Å². The Morgan fingerprint density at radius 2 is 0.955 bits per heavy atom. The lowest BCUT2D eigenvalue weighted by molar-refractivity contribution is 0.869. The van der Waals surface area contributed by atoms with Crippen molar-refractivity contribution in [3.63, 3.8) is 0 Å². The normalized spacial score (nSPS) is 10.6. The molecule has 0 spiro atoms. The largest absolute Gasteiger partial charge is 0.238 e. The van der Waals surface area contributed by atoms with E-state index in [0.717, 1.165) is 50.2 Å². The number of fused-ring (bicyclic) bond motifs is 6. The van der Waals surface area contributed by atoms with Crippen LogP contribution in [0.1, 0.15) is 141 Å². The van der Waals surface area contributed by atoms with E-state index in [-0.39, 0.29) is 0 Å². The van der Waals surface area contributed by atoms with Gasteiger partial charge >= 0.3 is 0 Å². The van der Waals surface area contributed by atoms with Crippen molar-refractivity contribution in [2.75, 3.05) is 0 Å². The Kier molecular flexibility index (Phi) is 18.7. The summed E-state index contributed by atoms with van der Waals surface area (Å²) in [5, 5.41) is 0. The Morgan fingerprint density at radius 3 is 1.48 bits per heavy atom. The average Bonchev–Trinajstić information content (AvgIpc) is 3.65. The second-order valence-corrected chi connectivity index (χ2v) is 10.3. The Hall–Kier alpha value is -3.40. The van der Waals surface area contributed by atoms with E-state index in [1.165, 1.54) is 69.0 Å². The fraction of sp³-hybridized carbons (Fsp3) is 0.500. The lowest BCUT2D eigenvalue weighted by Gasteiger charge is -2.08. The van der Waals surface area contributed by atoms with E-state index in [2.05, 4.69) is 119 Å². The molecule has 0 bridgehead atoms. The zero-order valence-corrected chi connectivity index (χ0v) is 30.1. The van der Waals surface area contributed by atoms with Crippen LogP contribution < -0.4 is 0 Å². The fourth-order valence-electron chi connectivity index (χ4n) is 5.10. The lowest BCUT2D eigenvalue weighted by atomic mass is 10.0. The van der Waals surface area contributed by atoms with Gasteiger partial charge in [-0.05, 0) is 29.5 Å². The van der Waals surface area contributed by atoms with Gasteiger partial charge in [0.15, 0.2) is 0 Å². The Balaban J connectivity index is 0.000000342. The van der Waals surface area contributed by atoms with Crippen molar-refractivity contribution >= 4 is 0 Å². The summed E-state index contributed by atoms with van der Waals surface area (Å²) in [6, 6.07) is 17.1. The minimum absolute atomic E-state index is 0.905. The molecule has 0 amide bonds. The molecule has 0 radical (unpaired) electrons.